The van der Waals surface area contributed by atoms with E-state index in [0.29, 0.717) is 88.4 Å². The Balaban J connectivity index is 1.45. The van der Waals surface area contributed by atoms with Gasteiger partial charge in [0.1, 0.15) is 24.7 Å². The lowest BCUT2D eigenvalue weighted by Gasteiger charge is -2.35. The molecule has 1 saturated heterocycles. The average molecular weight is 471 g/mol. The minimum absolute atomic E-state index is 0.0403. The van der Waals surface area contributed by atoms with Crippen LogP contribution in [0.2, 0.25) is 0 Å². The first-order valence-electron chi connectivity index (χ1n) is 11.8. The molecule has 0 bridgehead atoms. The molecule has 1 heterocycles. The van der Waals surface area contributed by atoms with Crippen LogP contribution in [0.4, 0.5) is 0 Å². The van der Waals surface area contributed by atoms with Gasteiger partial charge < -0.3 is 28.7 Å². The molecule has 2 aromatic carbocycles. The molecule has 8 heteroatoms. The van der Waals surface area contributed by atoms with Gasteiger partial charge in [-0.15, -0.1) is 0 Å². The minimum atomic E-state index is -0.0403. The molecule has 0 saturated carbocycles. The Labute approximate surface area is 201 Å². The first-order chi connectivity index (χ1) is 16.6. The van der Waals surface area contributed by atoms with Gasteiger partial charge in [-0.25, -0.2) is 0 Å². The molecule has 3 rings (SSSR count). The number of hydrogen-bond donors (Lipinski definition) is 0. The summed E-state index contributed by atoms with van der Waals surface area (Å²) in [5.74, 6) is 1.33. The van der Waals surface area contributed by atoms with Crippen molar-refractivity contribution in [1.29, 1.82) is 0 Å². The highest BCUT2D eigenvalue weighted by molar-refractivity contribution is 5.96. The van der Waals surface area contributed by atoms with E-state index in [1.165, 1.54) is 0 Å². The van der Waals surface area contributed by atoms with Crippen molar-refractivity contribution >= 4 is 11.8 Å². The van der Waals surface area contributed by atoms with E-state index in [4.69, 9.17) is 18.9 Å². The second-order valence-electron chi connectivity index (χ2n) is 7.72. The fourth-order valence-electron chi connectivity index (χ4n) is 3.59. The zero-order valence-corrected chi connectivity index (χ0v) is 20.0. The van der Waals surface area contributed by atoms with Crippen LogP contribution in [0.25, 0.3) is 0 Å². The third-order valence-corrected chi connectivity index (χ3v) is 5.46. The van der Waals surface area contributed by atoms with E-state index >= 15 is 0 Å². The van der Waals surface area contributed by atoms with Gasteiger partial charge in [0.2, 0.25) is 0 Å². The highest BCUT2D eigenvalue weighted by atomic mass is 16.5. The summed E-state index contributed by atoms with van der Waals surface area (Å²) >= 11 is 0. The smallest absolute Gasteiger partial charge is 0.253 e. The van der Waals surface area contributed by atoms with Gasteiger partial charge in [0.05, 0.1) is 13.2 Å². The number of nitrogens with zero attached hydrogens (tertiary/aromatic N) is 2. The zero-order valence-electron chi connectivity index (χ0n) is 20.0. The van der Waals surface area contributed by atoms with E-state index < -0.39 is 0 Å². The Morgan fingerprint density at radius 2 is 0.971 bits per heavy atom. The van der Waals surface area contributed by atoms with Gasteiger partial charge in [-0.3, -0.25) is 9.59 Å². The quantitative estimate of drug-likeness (QED) is 0.444. The van der Waals surface area contributed by atoms with Crippen LogP contribution in [0.5, 0.6) is 11.5 Å². The third kappa shape index (κ3) is 7.46. The van der Waals surface area contributed by atoms with Crippen LogP contribution in [0.15, 0.2) is 48.5 Å². The molecule has 1 aliphatic rings. The second kappa shape index (κ2) is 13.6. The monoisotopic (exact) mass is 470 g/mol. The Morgan fingerprint density at radius 1 is 0.618 bits per heavy atom. The lowest BCUT2D eigenvalue weighted by molar-refractivity contribution is 0.0535. The molecule has 0 spiro atoms. The highest BCUT2D eigenvalue weighted by Crippen LogP contribution is 2.17. The number of rotatable bonds is 12. The van der Waals surface area contributed by atoms with E-state index in [2.05, 4.69) is 0 Å². The van der Waals surface area contributed by atoms with Gasteiger partial charge >= 0.3 is 0 Å². The average Bonchev–Trinajstić information content (AvgIpc) is 2.89. The maximum Gasteiger partial charge on any atom is 0.253 e. The summed E-state index contributed by atoms with van der Waals surface area (Å²) in [5, 5.41) is 0. The summed E-state index contributed by atoms with van der Waals surface area (Å²) in [7, 11) is 0. The van der Waals surface area contributed by atoms with Crippen molar-refractivity contribution in [3.05, 3.63) is 59.7 Å². The van der Waals surface area contributed by atoms with E-state index in [1.807, 2.05) is 13.8 Å². The molecule has 0 aromatic heterocycles. The lowest BCUT2D eigenvalue weighted by Crippen LogP contribution is -2.50. The second-order valence-corrected chi connectivity index (χ2v) is 7.72. The number of hydrogen-bond acceptors (Lipinski definition) is 6. The predicted molar refractivity (Wildman–Crippen MR) is 129 cm³/mol. The van der Waals surface area contributed by atoms with Crippen molar-refractivity contribution < 1.29 is 28.5 Å². The maximum absolute atomic E-state index is 12.9. The van der Waals surface area contributed by atoms with Gasteiger partial charge in [0.15, 0.2) is 0 Å². The fourth-order valence-corrected chi connectivity index (χ4v) is 3.59. The molecule has 1 fully saturated rings. The molecule has 0 atom stereocenters. The van der Waals surface area contributed by atoms with Crippen LogP contribution in [0.1, 0.15) is 34.6 Å². The van der Waals surface area contributed by atoms with E-state index in [9.17, 15) is 9.59 Å². The number of carbonyl (C=O) groups excluding carboxylic acids is 2. The normalized spacial score (nSPS) is 13.6. The molecule has 184 valence electrons. The molecule has 8 nitrogen and oxygen atoms in total. The van der Waals surface area contributed by atoms with Crippen molar-refractivity contribution in [3.63, 3.8) is 0 Å². The number of carbonyl (C=O) groups is 2. The summed E-state index contributed by atoms with van der Waals surface area (Å²) in [6, 6.07) is 14.3. The van der Waals surface area contributed by atoms with E-state index in [-0.39, 0.29) is 11.8 Å². The van der Waals surface area contributed by atoms with Crippen molar-refractivity contribution in [2.24, 2.45) is 0 Å². The van der Waals surface area contributed by atoms with Crippen LogP contribution >= 0.6 is 0 Å². The Morgan fingerprint density at radius 3 is 1.29 bits per heavy atom. The largest absolute Gasteiger partial charge is 0.491 e. The van der Waals surface area contributed by atoms with Crippen LogP contribution in [-0.4, -0.2) is 87.4 Å². The minimum Gasteiger partial charge on any atom is -0.491 e. The Kier molecular flexibility index (Phi) is 10.2. The topological polar surface area (TPSA) is 77.5 Å². The van der Waals surface area contributed by atoms with Crippen LogP contribution in [0.3, 0.4) is 0 Å². The molecule has 2 aromatic rings. The summed E-state index contributed by atoms with van der Waals surface area (Å²) in [6.07, 6.45) is 0. The number of benzene rings is 2. The zero-order chi connectivity index (χ0) is 24.2. The van der Waals surface area contributed by atoms with Crippen LogP contribution < -0.4 is 9.47 Å². The SMILES string of the molecule is CCOCCOc1ccc(C(=O)N2CCN(C(=O)c3ccc(OCCOCC)cc3)CC2)cc1. The van der Waals surface area contributed by atoms with Crippen molar-refractivity contribution in [2.45, 2.75) is 13.8 Å². The van der Waals surface area contributed by atoms with Gasteiger partial charge in [-0.2, -0.15) is 0 Å². The van der Waals surface area contributed by atoms with Crippen molar-refractivity contribution in [2.75, 3.05) is 65.8 Å². The molecular weight excluding hydrogens is 436 g/mol. The van der Waals surface area contributed by atoms with Crippen LogP contribution in [-0.2, 0) is 9.47 Å². The van der Waals surface area contributed by atoms with E-state index in [0.717, 1.165) is 0 Å². The van der Waals surface area contributed by atoms with Gasteiger partial charge in [-0.05, 0) is 62.4 Å². The summed E-state index contributed by atoms with van der Waals surface area (Å²) in [4.78, 5) is 29.3. The first-order valence-corrected chi connectivity index (χ1v) is 11.8. The molecule has 0 N–H and O–H groups in total. The third-order valence-electron chi connectivity index (χ3n) is 5.46. The highest BCUT2D eigenvalue weighted by Gasteiger charge is 2.25. The molecule has 2 amide bonds. The standard InChI is InChI=1S/C26H34N2O6/c1-3-31-17-19-33-23-9-5-21(6-10-23)25(29)27-13-15-28(16-14-27)26(30)22-7-11-24(12-8-22)34-20-18-32-4-2/h5-12H,3-4,13-20H2,1-2H3. The first kappa shape index (κ1) is 25.5. The molecule has 0 unspecified atom stereocenters. The van der Waals surface area contributed by atoms with E-state index in [1.54, 1.807) is 58.3 Å². The number of amides is 2. The predicted octanol–water partition coefficient (Wildman–Crippen LogP) is 3.12. The Hall–Kier alpha value is -3.10. The number of ether oxygens (including phenoxy) is 4. The summed E-state index contributed by atoms with van der Waals surface area (Å²) in [5.41, 5.74) is 1.22. The van der Waals surface area contributed by atoms with Crippen molar-refractivity contribution in [1.82, 2.24) is 9.80 Å². The molecule has 1 aliphatic heterocycles. The van der Waals surface area contributed by atoms with Gasteiger partial charge in [-0.1, -0.05) is 0 Å². The Bertz CT molecular complexity index is 817. The van der Waals surface area contributed by atoms with Crippen molar-refractivity contribution in [3.8, 4) is 11.5 Å². The van der Waals surface area contributed by atoms with Gasteiger partial charge in [0, 0.05) is 50.5 Å². The fraction of sp³-hybridized carbons (Fsp3) is 0.462. The summed E-state index contributed by atoms with van der Waals surface area (Å²) < 4.78 is 21.7. The molecule has 34 heavy (non-hydrogen) atoms. The maximum atomic E-state index is 12.9. The van der Waals surface area contributed by atoms with Gasteiger partial charge in [0.25, 0.3) is 11.8 Å². The molecular formula is C26H34N2O6. The molecule has 0 aliphatic carbocycles. The van der Waals surface area contributed by atoms with Crippen LogP contribution in [0, 0.1) is 0 Å². The number of piperazine rings is 1. The molecule has 0 radical (unpaired) electrons. The lowest BCUT2D eigenvalue weighted by atomic mass is 10.1. The summed E-state index contributed by atoms with van der Waals surface area (Å²) in [6.45, 7) is 9.20.